The third-order valence-electron chi connectivity index (χ3n) is 2.94. The number of carbonyl (C=O) groups is 1. The van der Waals surface area contributed by atoms with Crippen molar-refractivity contribution in [1.29, 1.82) is 0 Å². The van der Waals surface area contributed by atoms with Crippen LogP contribution in [-0.4, -0.2) is 15.9 Å². The van der Waals surface area contributed by atoms with Gasteiger partial charge in [-0.1, -0.05) is 0 Å². The Kier molecular flexibility index (Phi) is 4.00. The van der Waals surface area contributed by atoms with Crippen molar-refractivity contribution in [2.24, 2.45) is 0 Å². The van der Waals surface area contributed by atoms with Crippen molar-refractivity contribution < 1.29 is 9.18 Å². The summed E-state index contributed by atoms with van der Waals surface area (Å²) in [6, 6.07) is 6.06. The number of amides is 1. The number of hydrogen-bond donors (Lipinski definition) is 1. The zero-order valence-corrected chi connectivity index (χ0v) is 13.5. The van der Waals surface area contributed by atoms with Gasteiger partial charge in [0.25, 0.3) is 5.91 Å². The average molecular weight is 333 g/mol. The molecule has 4 nitrogen and oxygen atoms in total. The molecule has 0 unspecified atom stereocenters. The Labute approximate surface area is 134 Å². The second-order valence-corrected chi connectivity index (χ2v) is 6.90. The SMILES string of the molecule is Cc1cnc(NC(=O)c2sc(-c3ccc(F)cc3)nc2C)s1. The summed E-state index contributed by atoms with van der Waals surface area (Å²) in [7, 11) is 0. The zero-order valence-electron chi connectivity index (χ0n) is 11.9. The summed E-state index contributed by atoms with van der Waals surface area (Å²) in [6.45, 7) is 3.71. The molecule has 1 amide bonds. The maximum atomic E-state index is 13.0. The first kappa shape index (κ1) is 14.8. The van der Waals surface area contributed by atoms with Gasteiger partial charge in [-0.05, 0) is 38.1 Å². The molecule has 0 fully saturated rings. The molecule has 3 rings (SSSR count). The lowest BCUT2D eigenvalue weighted by Crippen LogP contribution is -2.11. The summed E-state index contributed by atoms with van der Waals surface area (Å²) in [6.07, 6.45) is 1.71. The Morgan fingerprint density at radius 3 is 2.55 bits per heavy atom. The van der Waals surface area contributed by atoms with Crippen LogP contribution >= 0.6 is 22.7 Å². The van der Waals surface area contributed by atoms with E-state index < -0.39 is 0 Å². The smallest absolute Gasteiger partial charge is 0.269 e. The van der Waals surface area contributed by atoms with Crippen molar-refractivity contribution in [3.8, 4) is 10.6 Å². The van der Waals surface area contributed by atoms with E-state index in [0.717, 1.165) is 10.4 Å². The van der Waals surface area contributed by atoms with Crippen LogP contribution in [0.25, 0.3) is 10.6 Å². The Morgan fingerprint density at radius 2 is 1.91 bits per heavy atom. The van der Waals surface area contributed by atoms with Crippen molar-refractivity contribution in [3.63, 3.8) is 0 Å². The fourth-order valence-corrected chi connectivity index (χ4v) is 3.52. The summed E-state index contributed by atoms with van der Waals surface area (Å²) in [5, 5.41) is 4.03. The van der Waals surface area contributed by atoms with E-state index in [1.165, 1.54) is 34.8 Å². The minimum Gasteiger partial charge on any atom is -0.297 e. The highest BCUT2D eigenvalue weighted by Gasteiger charge is 2.17. The summed E-state index contributed by atoms with van der Waals surface area (Å²) in [4.78, 5) is 22.4. The fraction of sp³-hybridized carbons (Fsp3) is 0.133. The largest absolute Gasteiger partial charge is 0.297 e. The monoisotopic (exact) mass is 333 g/mol. The molecule has 0 saturated carbocycles. The van der Waals surface area contributed by atoms with Crippen LogP contribution in [0.2, 0.25) is 0 Å². The maximum absolute atomic E-state index is 13.0. The van der Waals surface area contributed by atoms with Crippen LogP contribution in [-0.2, 0) is 0 Å². The Bertz CT molecular complexity index is 824. The number of aryl methyl sites for hydroxylation is 2. The van der Waals surface area contributed by atoms with Gasteiger partial charge in [-0.15, -0.1) is 22.7 Å². The summed E-state index contributed by atoms with van der Waals surface area (Å²) >= 11 is 2.70. The summed E-state index contributed by atoms with van der Waals surface area (Å²) < 4.78 is 13.0. The van der Waals surface area contributed by atoms with E-state index in [-0.39, 0.29) is 11.7 Å². The van der Waals surface area contributed by atoms with Crippen molar-refractivity contribution in [1.82, 2.24) is 9.97 Å². The number of carbonyl (C=O) groups excluding carboxylic acids is 1. The molecule has 1 aromatic carbocycles. The normalized spacial score (nSPS) is 10.7. The van der Waals surface area contributed by atoms with Crippen LogP contribution in [0.3, 0.4) is 0 Å². The van der Waals surface area contributed by atoms with E-state index in [9.17, 15) is 9.18 Å². The van der Waals surface area contributed by atoms with E-state index in [1.54, 1.807) is 25.3 Å². The number of thiazole rings is 2. The van der Waals surface area contributed by atoms with Gasteiger partial charge in [-0.3, -0.25) is 10.1 Å². The number of halogens is 1. The molecule has 0 aliphatic rings. The van der Waals surface area contributed by atoms with Crippen molar-refractivity contribution in [2.45, 2.75) is 13.8 Å². The lowest BCUT2D eigenvalue weighted by atomic mass is 10.2. The van der Waals surface area contributed by atoms with E-state index in [2.05, 4.69) is 15.3 Å². The molecule has 7 heteroatoms. The van der Waals surface area contributed by atoms with Crippen molar-refractivity contribution >= 4 is 33.7 Å². The van der Waals surface area contributed by atoms with Crippen molar-refractivity contribution in [3.05, 3.63) is 51.7 Å². The van der Waals surface area contributed by atoms with E-state index in [4.69, 9.17) is 0 Å². The molecular formula is C15H12FN3OS2. The Morgan fingerprint density at radius 1 is 1.18 bits per heavy atom. The number of nitrogens with zero attached hydrogens (tertiary/aromatic N) is 2. The average Bonchev–Trinajstić information content (AvgIpc) is 3.06. The molecule has 22 heavy (non-hydrogen) atoms. The maximum Gasteiger partial charge on any atom is 0.269 e. The first-order chi connectivity index (χ1) is 10.5. The molecule has 112 valence electrons. The third-order valence-corrected chi connectivity index (χ3v) is 4.97. The molecule has 0 saturated heterocycles. The van der Waals surface area contributed by atoms with Gasteiger partial charge in [0.1, 0.15) is 15.7 Å². The Balaban J connectivity index is 1.85. The molecule has 2 aromatic heterocycles. The fourth-order valence-electron chi connectivity index (χ4n) is 1.89. The molecule has 0 bridgehead atoms. The molecule has 2 heterocycles. The van der Waals surface area contributed by atoms with Gasteiger partial charge in [0, 0.05) is 16.6 Å². The van der Waals surface area contributed by atoms with Gasteiger partial charge in [0.05, 0.1) is 5.69 Å². The molecular weight excluding hydrogens is 321 g/mol. The second kappa shape index (κ2) is 5.94. The van der Waals surface area contributed by atoms with Gasteiger partial charge in [0.2, 0.25) is 0 Å². The Hall–Kier alpha value is -2.12. The van der Waals surface area contributed by atoms with Crippen LogP contribution in [0.15, 0.2) is 30.5 Å². The summed E-state index contributed by atoms with van der Waals surface area (Å²) in [5.74, 6) is -0.521. The third kappa shape index (κ3) is 3.05. The molecule has 3 aromatic rings. The van der Waals surface area contributed by atoms with Gasteiger partial charge in [-0.2, -0.15) is 0 Å². The quantitative estimate of drug-likeness (QED) is 0.778. The lowest BCUT2D eigenvalue weighted by molar-refractivity contribution is 0.103. The van der Waals surface area contributed by atoms with Crippen LogP contribution in [0.4, 0.5) is 9.52 Å². The topological polar surface area (TPSA) is 54.9 Å². The number of nitrogens with one attached hydrogen (secondary N) is 1. The highest BCUT2D eigenvalue weighted by Crippen LogP contribution is 2.29. The van der Waals surface area contributed by atoms with Crippen LogP contribution in [0.1, 0.15) is 20.2 Å². The lowest BCUT2D eigenvalue weighted by Gasteiger charge is -1.98. The number of benzene rings is 1. The van der Waals surface area contributed by atoms with Crippen molar-refractivity contribution in [2.75, 3.05) is 5.32 Å². The van der Waals surface area contributed by atoms with E-state index >= 15 is 0 Å². The minimum atomic E-state index is -0.297. The molecule has 0 radical (unpaired) electrons. The van der Waals surface area contributed by atoms with Crippen LogP contribution < -0.4 is 5.32 Å². The predicted molar refractivity (Wildman–Crippen MR) is 87.0 cm³/mol. The number of anilines is 1. The predicted octanol–water partition coefficient (Wildman–Crippen LogP) is 4.27. The molecule has 0 aliphatic heterocycles. The van der Waals surface area contributed by atoms with Gasteiger partial charge >= 0.3 is 0 Å². The molecule has 0 atom stereocenters. The highest BCUT2D eigenvalue weighted by molar-refractivity contribution is 7.17. The number of aromatic nitrogens is 2. The van der Waals surface area contributed by atoms with Crippen LogP contribution in [0.5, 0.6) is 0 Å². The van der Waals surface area contributed by atoms with E-state index in [0.29, 0.717) is 20.7 Å². The van der Waals surface area contributed by atoms with E-state index in [1.807, 2.05) is 6.92 Å². The number of hydrogen-bond acceptors (Lipinski definition) is 5. The van der Waals surface area contributed by atoms with Gasteiger partial charge in [0.15, 0.2) is 5.13 Å². The first-order valence-corrected chi connectivity index (χ1v) is 8.13. The van der Waals surface area contributed by atoms with Crippen LogP contribution in [0, 0.1) is 19.7 Å². The molecule has 1 N–H and O–H groups in total. The summed E-state index contributed by atoms with van der Waals surface area (Å²) in [5.41, 5.74) is 1.44. The van der Waals surface area contributed by atoms with Gasteiger partial charge < -0.3 is 0 Å². The zero-order chi connectivity index (χ0) is 15.7. The second-order valence-electron chi connectivity index (χ2n) is 4.67. The highest BCUT2D eigenvalue weighted by atomic mass is 32.1. The number of rotatable bonds is 3. The minimum absolute atomic E-state index is 0.224. The molecule has 0 aliphatic carbocycles. The van der Waals surface area contributed by atoms with Gasteiger partial charge in [-0.25, -0.2) is 14.4 Å². The standard InChI is InChI=1S/C15H12FN3OS2/c1-8-7-17-15(21-8)19-13(20)12-9(2)18-14(22-12)10-3-5-11(16)6-4-10/h3-7H,1-2H3,(H,17,19,20). The molecule has 0 spiro atoms. The first-order valence-electron chi connectivity index (χ1n) is 6.50.